The van der Waals surface area contributed by atoms with Crippen LogP contribution in [-0.2, 0) is 19.7 Å². The number of ether oxygens (including phenoxy) is 1. The standard InChI is InChI=1S/C21H33NO6S.Na/c1-3-5-7-8-9-11-15-19(23)22-17-13-12-14-18(29(25,26)27)21(17)28-20(24)16-10-6-4-2;/h12-14H,3-11,15-16H2,1-2H3,(H,22,23)(H,25,26,27);/q;+1/p-1. The van der Waals surface area contributed by atoms with E-state index in [1.165, 1.54) is 18.6 Å². The predicted molar refractivity (Wildman–Crippen MR) is 111 cm³/mol. The number of benzene rings is 1. The first kappa shape index (κ1) is 29.1. The van der Waals surface area contributed by atoms with Crippen LogP contribution in [0.15, 0.2) is 23.1 Å². The monoisotopic (exact) mass is 449 g/mol. The van der Waals surface area contributed by atoms with Gasteiger partial charge in [-0.3, -0.25) is 9.59 Å². The zero-order valence-electron chi connectivity index (χ0n) is 18.4. The number of nitrogens with one attached hydrogen (secondary N) is 1. The predicted octanol–water partition coefficient (Wildman–Crippen LogP) is 1.77. The molecule has 0 saturated heterocycles. The van der Waals surface area contributed by atoms with Gasteiger partial charge in [-0.05, 0) is 25.0 Å². The second kappa shape index (κ2) is 15.8. The Bertz CT molecular complexity index is 767. The van der Waals surface area contributed by atoms with E-state index in [0.29, 0.717) is 12.8 Å². The molecule has 9 heteroatoms. The van der Waals surface area contributed by atoms with Gasteiger partial charge in [-0.2, -0.15) is 0 Å². The average Bonchev–Trinajstić information content (AvgIpc) is 2.65. The molecule has 0 fully saturated rings. The van der Waals surface area contributed by atoms with Crippen LogP contribution in [0.3, 0.4) is 0 Å². The van der Waals surface area contributed by atoms with Crippen LogP contribution in [-0.4, -0.2) is 24.8 Å². The number of esters is 1. The summed E-state index contributed by atoms with van der Waals surface area (Å²) in [6, 6.07) is 3.82. The fraction of sp³-hybridized carbons (Fsp3) is 0.619. The van der Waals surface area contributed by atoms with Crippen molar-refractivity contribution >= 4 is 27.7 Å². The molecule has 0 aliphatic carbocycles. The maximum atomic E-state index is 12.2. The van der Waals surface area contributed by atoms with Crippen LogP contribution < -0.4 is 39.6 Å². The van der Waals surface area contributed by atoms with Gasteiger partial charge < -0.3 is 14.6 Å². The molecule has 0 bridgehead atoms. The first-order chi connectivity index (χ1) is 13.8. The number of carbonyl (C=O) groups is 2. The molecule has 7 nitrogen and oxygen atoms in total. The van der Waals surface area contributed by atoms with Gasteiger partial charge in [0.1, 0.15) is 10.1 Å². The van der Waals surface area contributed by atoms with E-state index in [9.17, 15) is 22.6 Å². The molecular formula is C21H32NNaO6S. The molecule has 1 rings (SSSR count). The summed E-state index contributed by atoms with van der Waals surface area (Å²) in [4.78, 5) is 23.6. The van der Waals surface area contributed by atoms with E-state index in [0.717, 1.165) is 44.6 Å². The number of carbonyl (C=O) groups excluding carboxylic acids is 2. The number of unbranched alkanes of at least 4 members (excludes halogenated alkanes) is 7. The molecule has 1 N–H and O–H groups in total. The molecule has 1 amide bonds. The Kier molecular flexibility index (Phi) is 15.3. The zero-order chi connectivity index (χ0) is 21.7. The number of amides is 1. The third-order valence-electron chi connectivity index (χ3n) is 4.48. The summed E-state index contributed by atoms with van der Waals surface area (Å²) in [7, 11) is -4.87. The summed E-state index contributed by atoms with van der Waals surface area (Å²) in [6.45, 7) is 4.12. The van der Waals surface area contributed by atoms with Gasteiger partial charge in [0, 0.05) is 12.8 Å². The topological polar surface area (TPSA) is 113 Å². The molecule has 0 aliphatic heterocycles. The van der Waals surface area contributed by atoms with Crippen LogP contribution in [0.25, 0.3) is 0 Å². The van der Waals surface area contributed by atoms with E-state index in [2.05, 4.69) is 12.2 Å². The molecule has 0 atom stereocenters. The molecule has 1 aromatic carbocycles. The van der Waals surface area contributed by atoms with E-state index < -0.39 is 26.7 Å². The summed E-state index contributed by atoms with van der Waals surface area (Å²) in [5.41, 5.74) is 0.0155. The molecule has 0 saturated carbocycles. The van der Waals surface area contributed by atoms with Crippen molar-refractivity contribution in [2.24, 2.45) is 0 Å². The second-order valence-corrected chi connectivity index (χ2v) is 8.43. The van der Waals surface area contributed by atoms with Crippen LogP contribution in [0, 0.1) is 0 Å². The molecule has 164 valence electrons. The fourth-order valence-corrected chi connectivity index (χ4v) is 3.50. The van der Waals surface area contributed by atoms with Gasteiger partial charge in [0.15, 0.2) is 5.75 Å². The minimum Gasteiger partial charge on any atom is -0.744 e. The van der Waals surface area contributed by atoms with Gasteiger partial charge in [-0.15, -0.1) is 0 Å². The van der Waals surface area contributed by atoms with Crippen LogP contribution >= 0.6 is 0 Å². The van der Waals surface area contributed by atoms with E-state index in [-0.39, 0.29) is 54.0 Å². The fourth-order valence-electron chi connectivity index (χ4n) is 2.88. The second-order valence-electron chi connectivity index (χ2n) is 7.08. The van der Waals surface area contributed by atoms with Gasteiger partial charge in [0.05, 0.1) is 10.6 Å². The van der Waals surface area contributed by atoms with Crippen LogP contribution in [0.4, 0.5) is 5.69 Å². The van der Waals surface area contributed by atoms with Crippen LogP contribution in [0.5, 0.6) is 5.75 Å². The molecule has 0 spiro atoms. The Morgan fingerprint density at radius 3 is 2.13 bits per heavy atom. The summed E-state index contributed by atoms with van der Waals surface area (Å²) < 4.78 is 39.9. The third-order valence-corrected chi connectivity index (χ3v) is 5.34. The smallest absolute Gasteiger partial charge is 0.744 e. The van der Waals surface area contributed by atoms with Crippen molar-refractivity contribution in [3.8, 4) is 5.75 Å². The van der Waals surface area contributed by atoms with Gasteiger partial charge in [-0.25, -0.2) is 8.42 Å². The van der Waals surface area contributed by atoms with Crippen LogP contribution in [0.2, 0.25) is 0 Å². The summed E-state index contributed by atoms with van der Waals surface area (Å²) in [6.07, 6.45) is 8.89. The van der Waals surface area contributed by atoms with Crippen molar-refractivity contribution in [3.05, 3.63) is 18.2 Å². The first-order valence-corrected chi connectivity index (χ1v) is 11.8. The zero-order valence-corrected chi connectivity index (χ0v) is 21.2. The normalized spacial score (nSPS) is 10.9. The SMILES string of the molecule is CCCCCCCCC(=O)Nc1cccc(S(=O)(=O)[O-])c1OC(=O)CCCCC.[Na+]. The van der Waals surface area contributed by atoms with E-state index in [1.54, 1.807) is 0 Å². The summed E-state index contributed by atoms with van der Waals surface area (Å²) >= 11 is 0. The minimum atomic E-state index is -4.87. The minimum absolute atomic E-state index is 0. The molecule has 0 aromatic heterocycles. The molecule has 0 radical (unpaired) electrons. The van der Waals surface area contributed by atoms with Gasteiger partial charge in [-0.1, -0.05) is 64.9 Å². The molecule has 1 aromatic rings. The quantitative estimate of drug-likeness (QED) is 0.152. The Labute approximate surface area is 202 Å². The van der Waals surface area contributed by atoms with Gasteiger partial charge in [0.25, 0.3) is 0 Å². The van der Waals surface area contributed by atoms with Crippen LogP contribution in [0.1, 0.15) is 84.5 Å². The molecule has 0 aliphatic rings. The first-order valence-electron chi connectivity index (χ1n) is 10.4. The van der Waals surface area contributed by atoms with E-state index in [1.807, 2.05) is 6.92 Å². The molecule has 30 heavy (non-hydrogen) atoms. The number of hydrogen-bond acceptors (Lipinski definition) is 6. The number of hydrogen-bond donors (Lipinski definition) is 1. The Morgan fingerprint density at radius 2 is 1.50 bits per heavy atom. The Hall–Kier alpha value is -0.930. The Morgan fingerprint density at radius 1 is 0.933 bits per heavy atom. The maximum Gasteiger partial charge on any atom is 1.00 e. The molecule has 0 unspecified atom stereocenters. The van der Waals surface area contributed by atoms with Crippen molar-refractivity contribution in [1.82, 2.24) is 0 Å². The summed E-state index contributed by atoms with van der Waals surface area (Å²) in [5, 5.41) is 2.58. The maximum absolute atomic E-state index is 12.2. The van der Waals surface area contributed by atoms with Gasteiger partial charge in [0.2, 0.25) is 5.91 Å². The van der Waals surface area contributed by atoms with Crippen molar-refractivity contribution < 1.29 is 56.9 Å². The number of para-hydroxylation sites is 1. The van der Waals surface area contributed by atoms with Crippen molar-refractivity contribution in [2.75, 3.05) is 5.32 Å². The van der Waals surface area contributed by atoms with E-state index in [4.69, 9.17) is 4.74 Å². The summed E-state index contributed by atoms with van der Waals surface area (Å²) in [5.74, 6) is -1.36. The van der Waals surface area contributed by atoms with Gasteiger partial charge >= 0.3 is 35.5 Å². The number of rotatable bonds is 14. The van der Waals surface area contributed by atoms with E-state index >= 15 is 0 Å². The average molecular weight is 450 g/mol. The largest absolute Gasteiger partial charge is 1.00 e. The molecule has 0 heterocycles. The van der Waals surface area contributed by atoms with Crippen molar-refractivity contribution in [1.29, 1.82) is 0 Å². The van der Waals surface area contributed by atoms with Crippen molar-refractivity contribution in [3.63, 3.8) is 0 Å². The third kappa shape index (κ3) is 11.5. The Balaban J connectivity index is 0.00000841. The molecular weight excluding hydrogens is 417 g/mol. The van der Waals surface area contributed by atoms with Crippen molar-refractivity contribution in [2.45, 2.75) is 89.4 Å². The number of anilines is 1.